The van der Waals surface area contributed by atoms with Gasteiger partial charge < -0.3 is 9.84 Å². The fraction of sp³-hybridized carbons (Fsp3) is 1.00. The second-order valence-electron chi connectivity index (χ2n) is 7.66. The molecule has 0 heterocycles. The van der Waals surface area contributed by atoms with Gasteiger partial charge in [-0.15, -0.1) is 0 Å². The lowest BCUT2D eigenvalue weighted by atomic mass is 9.79. The Morgan fingerprint density at radius 2 is 1.40 bits per heavy atom. The summed E-state index contributed by atoms with van der Waals surface area (Å²) in [4.78, 5) is 0. The van der Waals surface area contributed by atoms with Crippen LogP contribution in [0.15, 0.2) is 0 Å². The van der Waals surface area contributed by atoms with Gasteiger partial charge in [-0.05, 0) is 75.0 Å². The van der Waals surface area contributed by atoms with Crippen molar-refractivity contribution in [2.45, 2.75) is 84.3 Å². The molecule has 0 radical (unpaired) electrons. The summed E-state index contributed by atoms with van der Waals surface area (Å²) in [6.45, 7) is 7.97. The molecule has 2 nitrogen and oxygen atoms in total. The summed E-state index contributed by atoms with van der Waals surface area (Å²) in [5, 5.41) is 9.58. The summed E-state index contributed by atoms with van der Waals surface area (Å²) in [6, 6.07) is 0. The Labute approximate surface area is 125 Å². The van der Waals surface area contributed by atoms with Crippen LogP contribution in [-0.4, -0.2) is 23.9 Å². The van der Waals surface area contributed by atoms with Crippen molar-refractivity contribution >= 4 is 0 Å². The van der Waals surface area contributed by atoms with Crippen LogP contribution in [0.5, 0.6) is 0 Å². The number of aliphatic hydroxyl groups excluding tert-OH is 1. The van der Waals surface area contributed by atoms with Crippen molar-refractivity contribution in [1.82, 2.24) is 0 Å². The van der Waals surface area contributed by atoms with E-state index >= 15 is 0 Å². The highest BCUT2D eigenvalue weighted by atomic mass is 16.5. The summed E-state index contributed by atoms with van der Waals surface area (Å²) in [5.74, 6) is 3.19. The molecule has 20 heavy (non-hydrogen) atoms. The van der Waals surface area contributed by atoms with Gasteiger partial charge in [0.2, 0.25) is 0 Å². The van der Waals surface area contributed by atoms with Gasteiger partial charge in [-0.2, -0.15) is 0 Å². The molecular formula is C18H34O2. The highest BCUT2D eigenvalue weighted by Gasteiger charge is 2.27. The van der Waals surface area contributed by atoms with Gasteiger partial charge in [-0.25, -0.2) is 0 Å². The predicted molar refractivity (Wildman–Crippen MR) is 83.7 cm³/mol. The van der Waals surface area contributed by atoms with E-state index in [0.717, 1.165) is 37.2 Å². The third-order valence-electron chi connectivity index (χ3n) is 5.80. The van der Waals surface area contributed by atoms with E-state index in [-0.39, 0.29) is 6.10 Å². The summed E-state index contributed by atoms with van der Waals surface area (Å²) >= 11 is 0. The molecule has 1 unspecified atom stereocenters. The Morgan fingerprint density at radius 3 is 1.95 bits per heavy atom. The average molecular weight is 282 g/mol. The van der Waals surface area contributed by atoms with Crippen molar-refractivity contribution in [2.24, 2.45) is 23.7 Å². The molecule has 2 fully saturated rings. The molecule has 2 rings (SSSR count). The Morgan fingerprint density at radius 1 is 0.850 bits per heavy atom. The molecule has 2 heteroatoms. The van der Waals surface area contributed by atoms with Crippen molar-refractivity contribution in [3.8, 4) is 0 Å². The molecule has 0 aromatic carbocycles. The molecule has 2 aliphatic carbocycles. The number of rotatable bonds is 5. The molecule has 0 bridgehead atoms. The zero-order valence-corrected chi connectivity index (χ0v) is 13.7. The molecule has 0 aliphatic heterocycles. The van der Waals surface area contributed by atoms with Crippen molar-refractivity contribution in [1.29, 1.82) is 0 Å². The van der Waals surface area contributed by atoms with Crippen LogP contribution < -0.4 is 0 Å². The first kappa shape index (κ1) is 16.3. The van der Waals surface area contributed by atoms with Crippen molar-refractivity contribution in [2.75, 3.05) is 6.61 Å². The molecule has 1 N–H and O–H groups in total. The third kappa shape index (κ3) is 4.73. The fourth-order valence-electron chi connectivity index (χ4n) is 4.02. The van der Waals surface area contributed by atoms with E-state index in [0.29, 0.717) is 12.0 Å². The van der Waals surface area contributed by atoms with E-state index in [2.05, 4.69) is 20.8 Å². The summed E-state index contributed by atoms with van der Waals surface area (Å²) < 4.78 is 6.19. The highest BCUT2D eigenvalue weighted by Crippen LogP contribution is 2.33. The Balaban J connectivity index is 1.63. The third-order valence-corrected chi connectivity index (χ3v) is 5.80. The van der Waals surface area contributed by atoms with Crippen molar-refractivity contribution in [3.63, 3.8) is 0 Å². The minimum absolute atomic E-state index is 0.0364. The molecule has 2 aliphatic rings. The molecule has 0 amide bonds. The van der Waals surface area contributed by atoms with Crippen LogP contribution in [0.3, 0.4) is 0 Å². The molecule has 0 aromatic heterocycles. The molecule has 0 saturated heterocycles. The Hall–Kier alpha value is -0.0800. The van der Waals surface area contributed by atoms with Gasteiger partial charge in [0.1, 0.15) is 0 Å². The molecule has 1 atom stereocenters. The topological polar surface area (TPSA) is 29.5 Å². The number of aliphatic hydroxyl groups is 1. The summed E-state index contributed by atoms with van der Waals surface area (Å²) in [6.07, 6.45) is 10.1. The normalized spacial score (nSPS) is 37.0. The molecule has 2 saturated carbocycles. The quantitative estimate of drug-likeness (QED) is 0.809. The lowest BCUT2D eigenvalue weighted by Gasteiger charge is -2.33. The van der Waals surface area contributed by atoms with Gasteiger partial charge >= 0.3 is 0 Å². The van der Waals surface area contributed by atoms with Gasteiger partial charge in [-0.3, -0.25) is 0 Å². The van der Waals surface area contributed by atoms with Crippen LogP contribution >= 0.6 is 0 Å². The molecular weight excluding hydrogens is 248 g/mol. The van der Waals surface area contributed by atoms with E-state index in [1.165, 1.54) is 38.5 Å². The van der Waals surface area contributed by atoms with Gasteiger partial charge in [0.15, 0.2) is 0 Å². The highest BCUT2D eigenvalue weighted by molar-refractivity contribution is 4.77. The van der Waals surface area contributed by atoms with Crippen LogP contribution in [0.25, 0.3) is 0 Å². The maximum Gasteiger partial charge on any atom is 0.0575 e. The smallest absolute Gasteiger partial charge is 0.0575 e. The zero-order valence-electron chi connectivity index (χ0n) is 13.7. The lowest BCUT2D eigenvalue weighted by Crippen LogP contribution is -2.29. The Bertz CT molecular complexity index is 261. The first-order valence-corrected chi connectivity index (χ1v) is 8.86. The summed E-state index contributed by atoms with van der Waals surface area (Å²) in [5.41, 5.74) is 0. The standard InChI is InChI=1S/C18H34O2/c1-13(2)15-6-10-18(11-7-15)20-12-14(3)16-4-8-17(19)9-5-16/h13-19H,4-12H2,1-3H3/t14?,15-,16-,17+,18-. The van der Waals surface area contributed by atoms with Gasteiger partial charge in [-0.1, -0.05) is 20.8 Å². The van der Waals surface area contributed by atoms with Gasteiger partial charge in [0, 0.05) is 6.61 Å². The van der Waals surface area contributed by atoms with Crippen molar-refractivity contribution < 1.29 is 9.84 Å². The lowest BCUT2D eigenvalue weighted by molar-refractivity contribution is -0.0190. The fourth-order valence-corrected chi connectivity index (χ4v) is 4.02. The summed E-state index contributed by atoms with van der Waals surface area (Å²) in [7, 11) is 0. The van der Waals surface area contributed by atoms with Crippen LogP contribution in [0, 0.1) is 23.7 Å². The maximum absolute atomic E-state index is 9.58. The van der Waals surface area contributed by atoms with Crippen LogP contribution in [0.1, 0.15) is 72.1 Å². The largest absolute Gasteiger partial charge is 0.393 e. The second kappa shape index (κ2) is 7.79. The minimum atomic E-state index is -0.0364. The minimum Gasteiger partial charge on any atom is -0.393 e. The van der Waals surface area contributed by atoms with Gasteiger partial charge in [0.25, 0.3) is 0 Å². The maximum atomic E-state index is 9.58. The molecule has 0 spiro atoms. The SMILES string of the molecule is CC(C)[C@H]1CC[C@H](OCC(C)[C@H]2CC[C@@H](O)CC2)CC1. The first-order valence-electron chi connectivity index (χ1n) is 8.86. The second-order valence-corrected chi connectivity index (χ2v) is 7.66. The van der Waals surface area contributed by atoms with Crippen LogP contribution in [0.4, 0.5) is 0 Å². The van der Waals surface area contributed by atoms with E-state index in [1.54, 1.807) is 0 Å². The van der Waals surface area contributed by atoms with Crippen molar-refractivity contribution in [3.05, 3.63) is 0 Å². The number of hydrogen-bond donors (Lipinski definition) is 1. The van der Waals surface area contributed by atoms with Crippen LogP contribution in [0.2, 0.25) is 0 Å². The number of ether oxygens (including phenoxy) is 1. The number of hydrogen-bond acceptors (Lipinski definition) is 2. The first-order chi connectivity index (χ1) is 9.56. The average Bonchev–Trinajstić information content (AvgIpc) is 2.46. The molecule has 0 aromatic rings. The predicted octanol–water partition coefficient (Wildman–Crippen LogP) is 4.41. The zero-order chi connectivity index (χ0) is 14.5. The van der Waals surface area contributed by atoms with E-state index in [1.807, 2.05) is 0 Å². The van der Waals surface area contributed by atoms with E-state index in [4.69, 9.17) is 4.74 Å². The van der Waals surface area contributed by atoms with E-state index in [9.17, 15) is 5.11 Å². The Kier molecular flexibility index (Phi) is 6.35. The van der Waals surface area contributed by atoms with Gasteiger partial charge in [0.05, 0.1) is 12.2 Å². The monoisotopic (exact) mass is 282 g/mol. The molecule has 118 valence electrons. The van der Waals surface area contributed by atoms with E-state index < -0.39 is 0 Å². The van der Waals surface area contributed by atoms with Crippen LogP contribution in [-0.2, 0) is 4.74 Å².